The third-order valence-corrected chi connectivity index (χ3v) is 6.76. The molecule has 32 heavy (non-hydrogen) atoms. The van der Waals surface area contributed by atoms with Crippen molar-refractivity contribution in [2.45, 2.75) is 64.8 Å². The Balaban J connectivity index is 1.94. The summed E-state index contributed by atoms with van der Waals surface area (Å²) >= 11 is 0. The van der Waals surface area contributed by atoms with E-state index >= 15 is 0 Å². The number of amides is 2. The minimum Gasteiger partial charge on any atom is -0.348 e. The van der Waals surface area contributed by atoms with E-state index in [0.29, 0.717) is 37.5 Å². The van der Waals surface area contributed by atoms with Gasteiger partial charge in [0.1, 0.15) is 5.56 Å². The maximum Gasteiger partial charge on any atom is 0.260 e. The van der Waals surface area contributed by atoms with Crippen LogP contribution in [0.5, 0.6) is 0 Å². The smallest absolute Gasteiger partial charge is 0.260 e. The zero-order valence-electron chi connectivity index (χ0n) is 19.5. The third kappa shape index (κ3) is 5.59. The molecule has 0 spiro atoms. The van der Waals surface area contributed by atoms with E-state index < -0.39 is 0 Å². The Hall–Kier alpha value is -2.63. The van der Waals surface area contributed by atoms with Crippen molar-refractivity contribution in [3.05, 3.63) is 58.6 Å². The van der Waals surface area contributed by atoms with Gasteiger partial charge < -0.3 is 14.4 Å². The van der Waals surface area contributed by atoms with Gasteiger partial charge >= 0.3 is 0 Å². The first-order valence-corrected chi connectivity index (χ1v) is 12.0. The molecule has 2 heterocycles. The van der Waals surface area contributed by atoms with E-state index in [1.807, 2.05) is 11.8 Å². The molecule has 0 bridgehead atoms. The molecule has 0 atom stereocenters. The second kappa shape index (κ2) is 11.3. The first kappa shape index (κ1) is 24.0. The largest absolute Gasteiger partial charge is 0.348 e. The van der Waals surface area contributed by atoms with Crippen LogP contribution in [-0.4, -0.2) is 52.4 Å². The van der Waals surface area contributed by atoms with Gasteiger partial charge in [-0.1, -0.05) is 37.8 Å². The fourth-order valence-corrected chi connectivity index (χ4v) is 5.14. The minimum atomic E-state index is -0.244. The predicted molar refractivity (Wildman–Crippen MR) is 128 cm³/mol. The maximum absolute atomic E-state index is 13.5. The van der Waals surface area contributed by atoms with Crippen molar-refractivity contribution in [2.24, 2.45) is 5.92 Å². The van der Waals surface area contributed by atoms with E-state index in [1.165, 1.54) is 12.8 Å². The molecule has 1 saturated carbocycles. The Kier molecular flexibility index (Phi) is 8.48. The van der Waals surface area contributed by atoms with Gasteiger partial charge in [-0.2, -0.15) is 0 Å². The van der Waals surface area contributed by atoms with Crippen molar-refractivity contribution in [1.82, 2.24) is 14.4 Å². The first-order chi connectivity index (χ1) is 15.5. The van der Waals surface area contributed by atoms with Crippen LogP contribution in [0.2, 0.25) is 0 Å². The van der Waals surface area contributed by atoms with E-state index in [4.69, 9.17) is 0 Å². The summed E-state index contributed by atoms with van der Waals surface area (Å²) in [7, 11) is 0. The van der Waals surface area contributed by atoms with Crippen LogP contribution < -0.4 is 5.43 Å². The third-order valence-electron chi connectivity index (χ3n) is 6.76. The topological polar surface area (TPSA) is 62.6 Å². The summed E-state index contributed by atoms with van der Waals surface area (Å²) < 4.78 is 2.16. The second-order valence-electron chi connectivity index (χ2n) is 9.10. The normalized spacial score (nSPS) is 16.5. The molecule has 1 aromatic heterocycles. The van der Waals surface area contributed by atoms with Crippen LogP contribution in [0.4, 0.5) is 0 Å². The molecule has 3 rings (SSSR count). The molecule has 1 aliphatic heterocycles. The number of hydrogen-bond donors (Lipinski definition) is 0. The van der Waals surface area contributed by atoms with Crippen LogP contribution in [0.25, 0.3) is 0 Å². The number of nitrogens with zero attached hydrogens (tertiary/aromatic N) is 3. The van der Waals surface area contributed by atoms with E-state index in [1.54, 1.807) is 23.1 Å². The SMILES string of the molecule is C=CCN(CC=C)C(=O)c1c(CC2CCCC2)n(CCCN2CCCC2=O)c(C)cc1=O. The van der Waals surface area contributed by atoms with Crippen LogP contribution in [0.15, 0.2) is 36.2 Å². The Bertz CT molecular complexity index is 902. The van der Waals surface area contributed by atoms with Gasteiger partial charge in [0.05, 0.1) is 0 Å². The van der Waals surface area contributed by atoms with Gasteiger partial charge in [0.25, 0.3) is 5.91 Å². The van der Waals surface area contributed by atoms with Crippen LogP contribution in [0, 0.1) is 12.8 Å². The average molecular weight is 440 g/mol. The van der Waals surface area contributed by atoms with Crippen LogP contribution >= 0.6 is 0 Å². The standard InChI is InChI=1S/C26H37N3O3/c1-4-13-28(14-5-2)26(32)25-22(19-21-10-6-7-11-21)29(20(3)18-23(25)30)17-9-16-27-15-8-12-24(27)31/h4-5,18,21H,1-2,6-17,19H2,3H3. The number of likely N-dealkylation sites (tertiary alicyclic amines) is 1. The summed E-state index contributed by atoms with van der Waals surface area (Å²) in [6.07, 6.45) is 11.2. The van der Waals surface area contributed by atoms with Crippen molar-refractivity contribution in [1.29, 1.82) is 0 Å². The van der Waals surface area contributed by atoms with E-state index in [0.717, 1.165) is 56.6 Å². The lowest BCUT2D eigenvalue weighted by Gasteiger charge is -2.26. The molecule has 174 valence electrons. The van der Waals surface area contributed by atoms with Gasteiger partial charge in [-0.25, -0.2) is 0 Å². The summed E-state index contributed by atoms with van der Waals surface area (Å²) in [5.74, 6) is 0.487. The van der Waals surface area contributed by atoms with E-state index in [9.17, 15) is 14.4 Å². The van der Waals surface area contributed by atoms with Gasteiger partial charge in [0, 0.05) is 56.6 Å². The summed E-state index contributed by atoms with van der Waals surface area (Å²) in [5, 5.41) is 0. The molecule has 2 amide bonds. The first-order valence-electron chi connectivity index (χ1n) is 12.0. The number of hydrogen-bond acceptors (Lipinski definition) is 3. The lowest BCUT2D eigenvalue weighted by molar-refractivity contribution is -0.127. The number of pyridine rings is 1. The number of aromatic nitrogens is 1. The van der Waals surface area contributed by atoms with Crippen molar-refractivity contribution >= 4 is 11.8 Å². The molecule has 6 heteroatoms. The number of carbonyl (C=O) groups excluding carboxylic acids is 2. The van der Waals surface area contributed by atoms with E-state index in [2.05, 4.69) is 17.7 Å². The Morgan fingerprint density at radius 3 is 2.41 bits per heavy atom. The minimum absolute atomic E-state index is 0.204. The van der Waals surface area contributed by atoms with E-state index in [-0.39, 0.29) is 17.2 Å². The average Bonchev–Trinajstić information content (AvgIpc) is 3.41. The summed E-state index contributed by atoms with van der Waals surface area (Å²) in [5.41, 5.74) is 1.83. The Labute approximate surface area is 191 Å². The lowest BCUT2D eigenvalue weighted by Crippen LogP contribution is -2.37. The monoisotopic (exact) mass is 439 g/mol. The molecule has 1 aromatic rings. The zero-order valence-corrected chi connectivity index (χ0v) is 19.5. The highest BCUT2D eigenvalue weighted by atomic mass is 16.2. The molecule has 0 N–H and O–H groups in total. The van der Waals surface area contributed by atoms with Crippen molar-refractivity contribution in [2.75, 3.05) is 26.2 Å². The molecule has 6 nitrogen and oxygen atoms in total. The number of carbonyl (C=O) groups is 2. The number of aryl methyl sites for hydroxylation is 1. The van der Waals surface area contributed by atoms with Crippen molar-refractivity contribution in [3.63, 3.8) is 0 Å². The van der Waals surface area contributed by atoms with Crippen molar-refractivity contribution in [3.8, 4) is 0 Å². The second-order valence-corrected chi connectivity index (χ2v) is 9.10. The number of rotatable bonds is 11. The summed E-state index contributed by atoms with van der Waals surface area (Å²) in [4.78, 5) is 42.1. The van der Waals surface area contributed by atoms with Gasteiger partial charge in [-0.3, -0.25) is 14.4 Å². The Morgan fingerprint density at radius 2 is 1.81 bits per heavy atom. The van der Waals surface area contributed by atoms with Gasteiger partial charge in [0.2, 0.25) is 5.91 Å². The van der Waals surface area contributed by atoms with Gasteiger partial charge in [0.15, 0.2) is 5.43 Å². The molecule has 1 aliphatic carbocycles. The van der Waals surface area contributed by atoms with Crippen LogP contribution in [-0.2, 0) is 17.8 Å². The molecule has 1 saturated heterocycles. The van der Waals surface area contributed by atoms with Gasteiger partial charge in [-0.15, -0.1) is 13.2 Å². The highest BCUT2D eigenvalue weighted by Gasteiger charge is 2.27. The highest BCUT2D eigenvalue weighted by molar-refractivity contribution is 5.95. The van der Waals surface area contributed by atoms with Crippen molar-refractivity contribution < 1.29 is 9.59 Å². The fourth-order valence-electron chi connectivity index (χ4n) is 5.14. The molecule has 2 aliphatic rings. The zero-order chi connectivity index (χ0) is 23.1. The molecule has 0 aromatic carbocycles. The lowest BCUT2D eigenvalue weighted by atomic mass is 9.96. The molecule has 0 unspecified atom stereocenters. The molecule has 0 radical (unpaired) electrons. The fraction of sp³-hybridized carbons (Fsp3) is 0.577. The Morgan fingerprint density at radius 1 is 1.12 bits per heavy atom. The summed E-state index contributed by atoms with van der Waals surface area (Å²) in [6.45, 7) is 12.5. The van der Waals surface area contributed by atoms with Crippen LogP contribution in [0.1, 0.15) is 66.7 Å². The molecular weight excluding hydrogens is 402 g/mol. The van der Waals surface area contributed by atoms with Crippen LogP contribution in [0.3, 0.4) is 0 Å². The molecular formula is C26H37N3O3. The summed E-state index contributed by atoms with van der Waals surface area (Å²) in [6, 6.07) is 1.59. The highest BCUT2D eigenvalue weighted by Crippen LogP contribution is 2.29. The quantitative estimate of drug-likeness (QED) is 0.494. The maximum atomic E-state index is 13.5. The molecule has 2 fully saturated rings. The predicted octanol–water partition coefficient (Wildman–Crippen LogP) is 3.72. The van der Waals surface area contributed by atoms with Gasteiger partial charge in [-0.05, 0) is 32.1 Å².